The van der Waals surface area contributed by atoms with Gasteiger partial charge in [-0.3, -0.25) is 4.79 Å². The highest BCUT2D eigenvalue weighted by molar-refractivity contribution is 5.79. The minimum atomic E-state index is 0.230. The number of rotatable bonds is 6. The number of carbonyl (C=O) groups is 1. The Morgan fingerprint density at radius 2 is 2.00 bits per heavy atom. The summed E-state index contributed by atoms with van der Waals surface area (Å²) in [5.74, 6) is 2.90. The molecule has 1 aromatic carbocycles. The SMILES string of the molecule is CCOc1ccc(C[NH+]2CCC(C(=O)N3CCC[C@@H](C)C3)CC2)cc1OC. The largest absolute Gasteiger partial charge is 0.493 e. The summed E-state index contributed by atoms with van der Waals surface area (Å²) in [6, 6.07) is 6.22. The van der Waals surface area contributed by atoms with Crippen LogP contribution in [0.15, 0.2) is 18.2 Å². The molecular weight excluding hydrogens is 340 g/mol. The van der Waals surface area contributed by atoms with Crippen molar-refractivity contribution in [2.75, 3.05) is 39.9 Å². The standard InChI is InChI=1S/C22H34N2O3/c1-4-27-20-8-7-18(14-21(20)26-3)16-23-12-9-19(10-13-23)22(25)24-11-5-6-17(2)15-24/h7-8,14,17,19H,4-6,9-13,15-16H2,1-3H3/p+1/t17-/m1/s1. The summed E-state index contributed by atoms with van der Waals surface area (Å²) < 4.78 is 11.1. The van der Waals surface area contributed by atoms with E-state index >= 15 is 0 Å². The molecule has 27 heavy (non-hydrogen) atoms. The van der Waals surface area contributed by atoms with E-state index in [9.17, 15) is 4.79 Å². The molecule has 5 heteroatoms. The Morgan fingerprint density at radius 1 is 1.22 bits per heavy atom. The molecule has 1 amide bonds. The fraction of sp³-hybridized carbons (Fsp3) is 0.682. The van der Waals surface area contributed by atoms with Gasteiger partial charge < -0.3 is 19.3 Å². The molecule has 1 N–H and O–H groups in total. The maximum absolute atomic E-state index is 12.8. The molecular formula is C22H35N2O3+. The molecule has 0 unspecified atom stereocenters. The van der Waals surface area contributed by atoms with Gasteiger partial charge >= 0.3 is 0 Å². The van der Waals surface area contributed by atoms with Crippen molar-refractivity contribution >= 4 is 5.91 Å². The Bertz CT molecular complexity index is 626. The lowest BCUT2D eigenvalue weighted by Gasteiger charge is -2.36. The van der Waals surface area contributed by atoms with Crippen LogP contribution in [0.5, 0.6) is 11.5 Å². The van der Waals surface area contributed by atoms with Crippen molar-refractivity contribution in [1.29, 1.82) is 0 Å². The van der Waals surface area contributed by atoms with E-state index in [2.05, 4.69) is 24.0 Å². The molecule has 2 heterocycles. The molecule has 2 aliphatic rings. The number of carbonyl (C=O) groups excluding carboxylic acids is 1. The van der Waals surface area contributed by atoms with E-state index in [0.717, 1.165) is 63.5 Å². The number of quaternary nitrogens is 1. The number of methoxy groups -OCH3 is 1. The summed E-state index contributed by atoms with van der Waals surface area (Å²) in [6.07, 6.45) is 4.44. The number of benzene rings is 1. The summed E-state index contributed by atoms with van der Waals surface area (Å²) in [5.41, 5.74) is 1.26. The Kier molecular flexibility index (Phi) is 7.00. The van der Waals surface area contributed by atoms with Crippen LogP contribution in [0.2, 0.25) is 0 Å². The van der Waals surface area contributed by atoms with Crippen molar-refractivity contribution in [3.05, 3.63) is 23.8 Å². The first kappa shape index (κ1) is 20.0. The average molecular weight is 376 g/mol. The van der Waals surface area contributed by atoms with Gasteiger partial charge in [-0.1, -0.05) is 6.92 Å². The number of likely N-dealkylation sites (tertiary alicyclic amines) is 2. The van der Waals surface area contributed by atoms with Gasteiger partial charge in [-0.05, 0) is 43.9 Å². The fourth-order valence-electron chi connectivity index (χ4n) is 4.48. The molecule has 0 saturated carbocycles. The van der Waals surface area contributed by atoms with Gasteiger partial charge in [0.25, 0.3) is 0 Å². The van der Waals surface area contributed by atoms with Crippen molar-refractivity contribution in [2.24, 2.45) is 11.8 Å². The third-order valence-electron chi connectivity index (χ3n) is 5.99. The predicted molar refractivity (Wildman–Crippen MR) is 106 cm³/mol. The molecule has 5 nitrogen and oxygen atoms in total. The van der Waals surface area contributed by atoms with Gasteiger partial charge in [0.2, 0.25) is 5.91 Å². The van der Waals surface area contributed by atoms with Gasteiger partial charge in [0.1, 0.15) is 6.54 Å². The second-order valence-corrected chi connectivity index (χ2v) is 8.15. The highest BCUT2D eigenvalue weighted by atomic mass is 16.5. The smallest absolute Gasteiger partial charge is 0.226 e. The summed E-state index contributed by atoms with van der Waals surface area (Å²) in [7, 11) is 1.69. The van der Waals surface area contributed by atoms with Gasteiger partial charge in [0.15, 0.2) is 11.5 Å². The summed E-state index contributed by atoms with van der Waals surface area (Å²) in [5, 5.41) is 0. The van der Waals surface area contributed by atoms with Crippen molar-refractivity contribution in [3.63, 3.8) is 0 Å². The van der Waals surface area contributed by atoms with Crippen molar-refractivity contribution in [1.82, 2.24) is 4.90 Å². The summed E-state index contributed by atoms with van der Waals surface area (Å²) in [4.78, 5) is 16.5. The van der Waals surface area contributed by atoms with Gasteiger partial charge in [-0.25, -0.2) is 0 Å². The molecule has 0 aliphatic carbocycles. The monoisotopic (exact) mass is 375 g/mol. The van der Waals surface area contributed by atoms with Crippen LogP contribution in [0, 0.1) is 11.8 Å². The minimum Gasteiger partial charge on any atom is -0.493 e. The number of amides is 1. The van der Waals surface area contributed by atoms with Crippen LogP contribution in [-0.4, -0.2) is 50.7 Å². The van der Waals surface area contributed by atoms with Crippen LogP contribution in [0.4, 0.5) is 0 Å². The third kappa shape index (κ3) is 5.16. The van der Waals surface area contributed by atoms with Crippen LogP contribution in [0.1, 0.15) is 45.1 Å². The Hall–Kier alpha value is -1.75. The zero-order valence-electron chi connectivity index (χ0n) is 17.1. The van der Waals surface area contributed by atoms with Crippen molar-refractivity contribution < 1.29 is 19.2 Å². The molecule has 0 aromatic heterocycles. The van der Waals surface area contributed by atoms with Crippen LogP contribution in [-0.2, 0) is 11.3 Å². The maximum atomic E-state index is 12.8. The summed E-state index contributed by atoms with van der Waals surface area (Å²) >= 11 is 0. The second kappa shape index (κ2) is 9.45. The van der Waals surface area contributed by atoms with E-state index in [4.69, 9.17) is 9.47 Å². The molecule has 1 atom stereocenters. The lowest BCUT2D eigenvalue weighted by molar-refractivity contribution is -0.919. The topological polar surface area (TPSA) is 43.2 Å². The third-order valence-corrected chi connectivity index (χ3v) is 5.99. The van der Waals surface area contributed by atoms with E-state index in [1.165, 1.54) is 12.0 Å². The first-order chi connectivity index (χ1) is 13.1. The van der Waals surface area contributed by atoms with E-state index in [1.807, 2.05) is 13.0 Å². The van der Waals surface area contributed by atoms with Crippen molar-refractivity contribution in [2.45, 2.75) is 46.1 Å². The molecule has 3 rings (SSSR count). The first-order valence-corrected chi connectivity index (χ1v) is 10.5. The second-order valence-electron chi connectivity index (χ2n) is 8.15. The molecule has 2 aliphatic heterocycles. The zero-order valence-corrected chi connectivity index (χ0v) is 17.1. The Balaban J connectivity index is 1.51. The average Bonchev–Trinajstić information content (AvgIpc) is 2.69. The molecule has 150 valence electrons. The summed E-state index contributed by atoms with van der Waals surface area (Å²) in [6.45, 7) is 9.90. The van der Waals surface area contributed by atoms with Gasteiger partial charge in [0.05, 0.1) is 26.8 Å². The van der Waals surface area contributed by atoms with Crippen LogP contribution >= 0.6 is 0 Å². The number of piperidine rings is 2. The molecule has 2 saturated heterocycles. The lowest BCUT2D eigenvalue weighted by atomic mass is 9.92. The maximum Gasteiger partial charge on any atom is 0.226 e. The van der Waals surface area contributed by atoms with Crippen molar-refractivity contribution in [3.8, 4) is 11.5 Å². The minimum absolute atomic E-state index is 0.230. The molecule has 2 fully saturated rings. The molecule has 0 radical (unpaired) electrons. The number of ether oxygens (including phenoxy) is 2. The quantitative estimate of drug-likeness (QED) is 0.829. The van der Waals surface area contributed by atoms with E-state index in [0.29, 0.717) is 18.4 Å². The van der Waals surface area contributed by atoms with Crippen LogP contribution < -0.4 is 14.4 Å². The number of hydrogen-bond donors (Lipinski definition) is 1. The Morgan fingerprint density at radius 3 is 2.67 bits per heavy atom. The first-order valence-electron chi connectivity index (χ1n) is 10.5. The number of hydrogen-bond acceptors (Lipinski definition) is 3. The predicted octanol–water partition coefficient (Wildman–Crippen LogP) is 2.15. The van der Waals surface area contributed by atoms with Crippen LogP contribution in [0.25, 0.3) is 0 Å². The highest BCUT2D eigenvalue weighted by Crippen LogP contribution is 2.28. The van der Waals surface area contributed by atoms with Gasteiger partial charge in [-0.2, -0.15) is 0 Å². The highest BCUT2D eigenvalue weighted by Gasteiger charge is 2.32. The Labute approximate surface area is 163 Å². The van der Waals surface area contributed by atoms with E-state index < -0.39 is 0 Å². The number of nitrogens with one attached hydrogen (secondary N) is 1. The van der Waals surface area contributed by atoms with Gasteiger partial charge in [-0.15, -0.1) is 0 Å². The van der Waals surface area contributed by atoms with E-state index in [1.54, 1.807) is 12.0 Å². The van der Waals surface area contributed by atoms with Gasteiger partial charge in [0, 0.05) is 37.4 Å². The fourth-order valence-corrected chi connectivity index (χ4v) is 4.48. The normalized spacial score (nSPS) is 25.9. The van der Waals surface area contributed by atoms with Crippen LogP contribution in [0.3, 0.4) is 0 Å². The molecule has 0 bridgehead atoms. The zero-order chi connectivity index (χ0) is 19.2. The number of nitrogens with zero attached hydrogens (tertiary/aromatic N) is 1. The molecule has 1 aromatic rings. The molecule has 0 spiro atoms. The lowest BCUT2D eigenvalue weighted by Crippen LogP contribution is -3.11. The van der Waals surface area contributed by atoms with E-state index in [-0.39, 0.29) is 5.92 Å².